The first kappa shape index (κ1) is 21.5. The highest BCUT2D eigenvalue weighted by molar-refractivity contribution is 6.34. The fourth-order valence-electron chi connectivity index (χ4n) is 2.78. The van der Waals surface area contributed by atoms with Crippen molar-refractivity contribution in [3.8, 4) is 6.07 Å². The summed E-state index contributed by atoms with van der Waals surface area (Å²) < 4.78 is 0. The van der Waals surface area contributed by atoms with Crippen molar-refractivity contribution in [1.29, 1.82) is 5.26 Å². The molecule has 0 heterocycles. The summed E-state index contributed by atoms with van der Waals surface area (Å²) in [6, 6.07) is 18.8. The van der Waals surface area contributed by atoms with E-state index in [9.17, 15) is 19.7 Å². The summed E-state index contributed by atoms with van der Waals surface area (Å²) in [4.78, 5) is 35.6. The lowest BCUT2D eigenvalue weighted by atomic mass is 10.1. The number of anilines is 2. The van der Waals surface area contributed by atoms with Crippen molar-refractivity contribution in [3.63, 3.8) is 0 Å². The number of hydrogen-bond acceptors (Lipinski definition) is 5. The third kappa shape index (κ3) is 5.23. The van der Waals surface area contributed by atoms with Crippen molar-refractivity contribution in [2.45, 2.75) is 6.42 Å². The zero-order chi connectivity index (χ0) is 22.4. The number of benzene rings is 3. The Labute approximate surface area is 182 Å². The molecule has 9 heteroatoms. The van der Waals surface area contributed by atoms with E-state index in [2.05, 4.69) is 16.7 Å². The number of nitro groups is 1. The van der Waals surface area contributed by atoms with Crippen LogP contribution in [0.2, 0.25) is 5.02 Å². The van der Waals surface area contributed by atoms with Crippen LogP contribution < -0.4 is 10.6 Å². The average Bonchev–Trinajstić information content (AvgIpc) is 2.75. The molecule has 0 spiro atoms. The van der Waals surface area contributed by atoms with Crippen LogP contribution in [0.3, 0.4) is 0 Å². The standard InChI is InChI=1S/C22H15ClN4O4/c23-19-13-16(27(30)31)9-10-17(19)21(28)26-20-4-2-1-3-18(20)22(29)25-15-7-5-14(6-8-15)11-12-24/h1-10,13H,11H2,(H,25,29)(H,26,28). The lowest BCUT2D eigenvalue weighted by Gasteiger charge is -2.12. The highest BCUT2D eigenvalue weighted by Gasteiger charge is 2.18. The van der Waals surface area contributed by atoms with E-state index < -0.39 is 16.7 Å². The van der Waals surface area contributed by atoms with Crippen LogP contribution in [0.15, 0.2) is 66.7 Å². The van der Waals surface area contributed by atoms with Crippen LogP contribution in [0.25, 0.3) is 0 Å². The monoisotopic (exact) mass is 434 g/mol. The number of non-ortho nitro benzene ring substituents is 1. The Balaban J connectivity index is 1.78. The molecule has 3 aromatic rings. The highest BCUT2D eigenvalue weighted by Crippen LogP contribution is 2.25. The number of para-hydroxylation sites is 1. The highest BCUT2D eigenvalue weighted by atomic mass is 35.5. The zero-order valence-corrected chi connectivity index (χ0v) is 16.7. The Morgan fingerprint density at radius 2 is 1.65 bits per heavy atom. The number of nitriles is 1. The Hall–Kier alpha value is -4.22. The molecule has 154 valence electrons. The average molecular weight is 435 g/mol. The summed E-state index contributed by atoms with van der Waals surface area (Å²) >= 11 is 6.01. The van der Waals surface area contributed by atoms with Gasteiger partial charge in [-0.25, -0.2) is 0 Å². The molecule has 2 amide bonds. The number of hydrogen-bond donors (Lipinski definition) is 2. The normalized spacial score (nSPS) is 10.1. The van der Waals surface area contributed by atoms with E-state index in [-0.39, 0.29) is 33.9 Å². The van der Waals surface area contributed by atoms with E-state index in [1.807, 2.05) is 0 Å². The predicted molar refractivity (Wildman–Crippen MR) is 116 cm³/mol. The summed E-state index contributed by atoms with van der Waals surface area (Å²) in [6.07, 6.45) is 0.272. The molecule has 0 bridgehead atoms. The minimum Gasteiger partial charge on any atom is -0.322 e. The molecule has 0 aliphatic rings. The Kier molecular flexibility index (Phi) is 6.60. The molecule has 0 radical (unpaired) electrons. The van der Waals surface area contributed by atoms with Crippen LogP contribution in [-0.4, -0.2) is 16.7 Å². The Bertz CT molecular complexity index is 1200. The largest absolute Gasteiger partial charge is 0.322 e. The molecule has 0 fully saturated rings. The SMILES string of the molecule is N#CCc1ccc(NC(=O)c2ccccc2NC(=O)c2ccc([N+](=O)[O-])cc2Cl)cc1. The minimum atomic E-state index is -0.611. The number of nitrogens with one attached hydrogen (secondary N) is 2. The van der Waals surface area contributed by atoms with Gasteiger partial charge in [0.15, 0.2) is 0 Å². The first-order valence-electron chi connectivity index (χ1n) is 9.00. The van der Waals surface area contributed by atoms with Gasteiger partial charge in [0.2, 0.25) is 0 Å². The van der Waals surface area contributed by atoms with Crippen LogP contribution in [-0.2, 0) is 6.42 Å². The number of carbonyl (C=O) groups excluding carboxylic acids is 2. The summed E-state index contributed by atoms with van der Waals surface area (Å²) in [5.41, 5.74) is 1.63. The fraction of sp³-hybridized carbons (Fsp3) is 0.0455. The van der Waals surface area contributed by atoms with Crippen LogP contribution in [0.1, 0.15) is 26.3 Å². The molecule has 0 aliphatic carbocycles. The third-order valence-electron chi connectivity index (χ3n) is 4.32. The molecule has 0 unspecified atom stereocenters. The van der Waals surface area contributed by atoms with E-state index in [1.165, 1.54) is 12.1 Å². The summed E-state index contributed by atoms with van der Waals surface area (Å²) in [6.45, 7) is 0. The van der Waals surface area contributed by atoms with Gasteiger partial charge < -0.3 is 10.6 Å². The molecule has 0 atom stereocenters. The van der Waals surface area contributed by atoms with Gasteiger partial charge in [-0.05, 0) is 35.9 Å². The van der Waals surface area contributed by atoms with Gasteiger partial charge in [-0.1, -0.05) is 35.9 Å². The van der Waals surface area contributed by atoms with E-state index in [0.29, 0.717) is 5.69 Å². The van der Waals surface area contributed by atoms with E-state index in [0.717, 1.165) is 11.6 Å². The van der Waals surface area contributed by atoms with Gasteiger partial charge in [-0.3, -0.25) is 19.7 Å². The molecular formula is C22H15ClN4O4. The van der Waals surface area contributed by atoms with E-state index in [1.54, 1.807) is 48.5 Å². The van der Waals surface area contributed by atoms with Crippen LogP contribution in [0.4, 0.5) is 17.1 Å². The van der Waals surface area contributed by atoms with Crippen molar-refractivity contribution >= 4 is 40.5 Å². The second-order valence-corrected chi connectivity index (χ2v) is 6.81. The number of nitrogens with zero attached hydrogens (tertiary/aromatic N) is 2. The van der Waals surface area contributed by atoms with Gasteiger partial charge in [0, 0.05) is 17.8 Å². The van der Waals surface area contributed by atoms with Crippen molar-refractivity contribution in [1.82, 2.24) is 0 Å². The maximum Gasteiger partial charge on any atom is 0.270 e. The van der Waals surface area contributed by atoms with Gasteiger partial charge in [0.1, 0.15) is 0 Å². The van der Waals surface area contributed by atoms with Crippen molar-refractivity contribution in [2.75, 3.05) is 10.6 Å². The molecule has 0 aromatic heterocycles. The topological polar surface area (TPSA) is 125 Å². The summed E-state index contributed by atoms with van der Waals surface area (Å²) in [5.74, 6) is -1.06. The molecular weight excluding hydrogens is 420 g/mol. The number of amides is 2. The third-order valence-corrected chi connectivity index (χ3v) is 4.64. The maximum absolute atomic E-state index is 12.7. The predicted octanol–water partition coefficient (Wildman–Crippen LogP) is 4.82. The number of halogens is 1. The van der Waals surface area contributed by atoms with Gasteiger partial charge in [-0.15, -0.1) is 0 Å². The first-order valence-corrected chi connectivity index (χ1v) is 9.38. The van der Waals surface area contributed by atoms with Crippen molar-refractivity contribution < 1.29 is 14.5 Å². The Morgan fingerprint density at radius 1 is 0.968 bits per heavy atom. The second-order valence-electron chi connectivity index (χ2n) is 6.41. The molecule has 31 heavy (non-hydrogen) atoms. The van der Waals surface area contributed by atoms with E-state index >= 15 is 0 Å². The van der Waals surface area contributed by atoms with Gasteiger partial charge in [-0.2, -0.15) is 5.26 Å². The van der Waals surface area contributed by atoms with E-state index in [4.69, 9.17) is 16.9 Å². The second kappa shape index (κ2) is 9.52. The van der Waals surface area contributed by atoms with Crippen molar-refractivity contribution in [3.05, 3.63) is 98.6 Å². The lowest BCUT2D eigenvalue weighted by Crippen LogP contribution is -2.18. The summed E-state index contributed by atoms with van der Waals surface area (Å²) in [7, 11) is 0. The number of carbonyl (C=O) groups is 2. The molecule has 3 rings (SSSR count). The lowest BCUT2D eigenvalue weighted by molar-refractivity contribution is -0.384. The Morgan fingerprint density at radius 3 is 2.29 bits per heavy atom. The zero-order valence-electron chi connectivity index (χ0n) is 16.0. The van der Waals surface area contributed by atoms with Gasteiger partial charge in [0.25, 0.3) is 17.5 Å². The van der Waals surface area contributed by atoms with Gasteiger partial charge in [0.05, 0.1) is 39.3 Å². The number of rotatable bonds is 6. The smallest absolute Gasteiger partial charge is 0.270 e. The maximum atomic E-state index is 12.7. The van der Waals surface area contributed by atoms with Crippen LogP contribution in [0, 0.1) is 21.4 Å². The quantitative estimate of drug-likeness (QED) is 0.425. The molecule has 3 aromatic carbocycles. The summed E-state index contributed by atoms with van der Waals surface area (Å²) in [5, 5.41) is 24.8. The van der Waals surface area contributed by atoms with Gasteiger partial charge >= 0.3 is 0 Å². The molecule has 0 aliphatic heterocycles. The van der Waals surface area contributed by atoms with Crippen LogP contribution >= 0.6 is 11.6 Å². The van der Waals surface area contributed by atoms with Crippen molar-refractivity contribution in [2.24, 2.45) is 0 Å². The molecule has 8 nitrogen and oxygen atoms in total. The molecule has 0 saturated carbocycles. The molecule has 0 saturated heterocycles. The molecule has 2 N–H and O–H groups in total. The minimum absolute atomic E-state index is 0.0376. The fourth-order valence-corrected chi connectivity index (χ4v) is 3.04. The first-order chi connectivity index (χ1) is 14.9. The van der Waals surface area contributed by atoms with Crippen LogP contribution in [0.5, 0.6) is 0 Å². The number of nitro benzene ring substituents is 1.